The van der Waals surface area contributed by atoms with Crippen molar-refractivity contribution in [3.05, 3.63) is 25.3 Å². The number of hydrogen-bond donors (Lipinski definition) is 1. The van der Waals surface area contributed by atoms with Crippen molar-refractivity contribution in [2.75, 3.05) is 0 Å². The molecule has 0 amide bonds. The van der Waals surface area contributed by atoms with Crippen molar-refractivity contribution in [1.29, 1.82) is 0 Å². The average molecular weight is 126 g/mol. The van der Waals surface area contributed by atoms with Gasteiger partial charge in [-0.05, 0) is 6.42 Å². The van der Waals surface area contributed by atoms with E-state index >= 15 is 0 Å². The van der Waals surface area contributed by atoms with E-state index in [4.69, 9.17) is 5.11 Å². The summed E-state index contributed by atoms with van der Waals surface area (Å²) >= 11 is 0. The van der Waals surface area contributed by atoms with Crippen molar-refractivity contribution in [3.63, 3.8) is 0 Å². The summed E-state index contributed by atoms with van der Waals surface area (Å²) < 4.78 is 0. The van der Waals surface area contributed by atoms with Gasteiger partial charge < -0.3 is 5.11 Å². The number of carbonyl (C=O) groups is 1. The third kappa shape index (κ3) is 2.69. The smallest absolute Gasteiger partial charge is 0.310 e. The molecule has 0 saturated carbocycles. The molecule has 1 unspecified atom stereocenters. The lowest BCUT2D eigenvalue weighted by molar-refractivity contribution is -0.139. The topological polar surface area (TPSA) is 37.3 Å². The maximum absolute atomic E-state index is 10.2. The van der Waals surface area contributed by atoms with Gasteiger partial charge in [0.05, 0.1) is 5.92 Å². The first-order valence-corrected chi connectivity index (χ1v) is 2.68. The first-order chi connectivity index (χ1) is 4.22. The van der Waals surface area contributed by atoms with Crippen LogP contribution < -0.4 is 0 Å². The van der Waals surface area contributed by atoms with Crippen LogP contribution in [0.2, 0.25) is 0 Å². The zero-order valence-electron chi connectivity index (χ0n) is 5.21. The quantitative estimate of drug-likeness (QED) is 0.579. The Labute approximate surface area is 54.5 Å². The molecule has 0 fully saturated rings. The predicted molar refractivity (Wildman–Crippen MR) is 36.1 cm³/mol. The molecule has 0 heterocycles. The van der Waals surface area contributed by atoms with Crippen molar-refractivity contribution < 1.29 is 9.90 Å². The van der Waals surface area contributed by atoms with Gasteiger partial charge in [0.25, 0.3) is 0 Å². The Morgan fingerprint density at radius 1 is 1.67 bits per heavy atom. The molecule has 0 aliphatic heterocycles. The number of carboxylic acids is 1. The van der Waals surface area contributed by atoms with Crippen LogP contribution in [0.3, 0.4) is 0 Å². The summed E-state index contributed by atoms with van der Waals surface area (Å²) in [4.78, 5) is 10.2. The van der Waals surface area contributed by atoms with Gasteiger partial charge in [-0.15, -0.1) is 13.2 Å². The molecule has 0 aliphatic carbocycles. The Morgan fingerprint density at radius 2 is 2.22 bits per heavy atom. The normalized spacial score (nSPS) is 12.0. The fourth-order valence-corrected chi connectivity index (χ4v) is 0.477. The minimum absolute atomic E-state index is 0.457. The maximum Gasteiger partial charge on any atom is 0.310 e. The van der Waals surface area contributed by atoms with Gasteiger partial charge in [-0.2, -0.15) is 0 Å². The zero-order valence-corrected chi connectivity index (χ0v) is 5.21. The van der Waals surface area contributed by atoms with Gasteiger partial charge in [0.15, 0.2) is 0 Å². The number of carboxylic acid groups (broad SMARTS) is 1. The highest BCUT2D eigenvalue weighted by Crippen LogP contribution is 2.03. The van der Waals surface area contributed by atoms with Crippen LogP contribution in [0.1, 0.15) is 6.42 Å². The van der Waals surface area contributed by atoms with E-state index in [2.05, 4.69) is 13.2 Å². The molecule has 0 spiro atoms. The third-order valence-corrected chi connectivity index (χ3v) is 1.02. The molecule has 1 N–H and O–H groups in total. The molecule has 0 aromatic carbocycles. The molecule has 0 radical (unpaired) electrons. The Balaban J connectivity index is 3.81. The summed E-state index contributed by atoms with van der Waals surface area (Å²) in [6.45, 7) is 6.79. The second-order valence-corrected chi connectivity index (χ2v) is 1.70. The lowest BCUT2D eigenvalue weighted by Gasteiger charge is -1.99. The van der Waals surface area contributed by atoms with E-state index in [1.165, 1.54) is 6.08 Å². The van der Waals surface area contributed by atoms with Crippen LogP contribution in [-0.4, -0.2) is 11.1 Å². The molecular formula is C7H10O2. The van der Waals surface area contributed by atoms with E-state index < -0.39 is 11.9 Å². The van der Waals surface area contributed by atoms with Gasteiger partial charge in [-0.1, -0.05) is 12.2 Å². The SMILES string of the molecule is C=CCC(C=C)C(=O)O. The maximum atomic E-state index is 10.2. The van der Waals surface area contributed by atoms with Crippen LogP contribution in [0.15, 0.2) is 25.3 Å². The molecule has 2 heteroatoms. The average Bonchev–Trinajstić information content (AvgIpc) is 1.82. The van der Waals surface area contributed by atoms with Crippen LogP contribution in [0.4, 0.5) is 0 Å². The third-order valence-electron chi connectivity index (χ3n) is 1.02. The summed E-state index contributed by atoms with van der Waals surface area (Å²) in [7, 11) is 0. The van der Waals surface area contributed by atoms with Crippen molar-refractivity contribution in [2.24, 2.45) is 5.92 Å². The Morgan fingerprint density at radius 3 is 2.33 bits per heavy atom. The largest absolute Gasteiger partial charge is 0.481 e. The summed E-state index contributed by atoms with van der Waals surface area (Å²) in [6.07, 6.45) is 3.43. The predicted octanol–water partition coefficient (Wildman–Crippen LogP) is 1.45. The molecule has 0 aliphatic rings. The van der Waals surface area contributed by atoms with Crippen LogP contribution in [0, 0.1) is 5.92 Å². The van der Waals surface area contributed by atoms with Crippen molar-refractivity contribution >= 4 is 5.97 Å². The molecule has 50 valence electrons. The second-order valence-electron chi connectivity index (χ2n) is 1.70. The first kappa shape index (κ1) is 7.95. The van der Waals surface area contributed by atoms with E-state index in [1.807, 2.05) is 0 Å². The number of hydrogen-bond acceptors (Lipinski definition) is 1. The lowest BCUT2D eigenvalue weighted by atomic mass is 10.1. The molecule has 0 aromatic rings. The Kier molecular flexibility index (Phi) is 3.44. The molecular weight excluding hydrogens is 116 g/mol. The zero-order chi connectivity index (χ0) is 7.28. The van der Waals surface area contributed by atoms with Crippen LogP contribution >= 0.6 is 0 Å². The van der Waals surface area contributed by atoms with Crippen LogP contribution in [0.5, 0.6) is 0 Å². The monoisotopic (exact) mass is 126 g/mol. The number of aliphatic carboxylic acids is 1. The van der Waals surface area contributed by atoms with E-state index in [0.717, 1.165) is 0 Å². The van der Waals surface area contributed by atoms with Gasteiger partial charge in [-0.3, -0.25) is 4.79 Å². The Hall–Kier alpha value is -1.05. The molecule has 0 bridgehead atoms. The highest BCUT2D eigenvalue weighted by molar-refractivity contribution is 5.72. The van der Waals surface area contributed by atoms with Gasteiger partial charge in [0, 0.05) is 0 Å². The van der Waals surface area contributed by atoms with Gasteiger partial charge in [0.1, 0.15) is 0 Å². The van der Waals surface area contributed by atoms with E-state index in [1.54, 1.807) is 6.08 Å². The highest BCUT2D eigenvalue weighted by Gasteiger charge is 2.09. The number of allylic oxidation sites excluding steroid dienone is 1. The standard InChI is InChI=1S/C7H10O2/c1-3-5-6(4-2)7(8)9/h3-4,6H,1-2,5H2,(H,8,9). The summed E-state index contributed by atoms with van der Waals surface area (Å²) in [5.41, 5.74) is 0. The fraction of sp³-hybridized carbons (Fsp3) is 0.286. The molecule has 0 aromatic heterocycles. The summed E-state index contributed by atoms with van der Waals surface area (Å²) in [5, 5.41) is 8.39. The minimum atomic E-state index is -0.843. The van der Waals surface area contributed by atoms with Crippen LogP contribution in [0.25, 0.3) is 0 Å². The van der Waals surface area contributed by atoms with Crippen LogP contribution in [-0.2, 0) is 4.79 Å². The van der Waals surface area contributed by atoms with Gasteiger partial charge in [-0.25, -0.2) is 0 Å². The molecule has 0 rings (SSSR count). The molecule has 2 nitrogen and oxygen atoms in total. The highest BCUT2D eigenvalue weighted by atomic mass is 16.4. The number of rotatable bonds is 4. The second kappa shape index (κ2) is 3.89. The van der Waals surface area contributed by atoms with E-state index in [-0.39, 0.29) is 0 Å². The molecule has 0 saturated heterocycles. The van der Waals surface area contributed by atoms with Gasteiger partial charge >= 0.3 is 5.97 Å². The van der Waals surface area contributed by atoms with Gasteiger partial charge in [0.2, 0.25) is 0 Å². The Bertz CT molecular complexity index is 127. The van der Waals surface area contributed by atoms with Crippen molar-refractivity contribution in [2.45, 2.75) is 6.42 Å². The van der Waals surface area contributed by atoms with E-state index in [9.17, 15) is 4.79 Å². The summed E-state index contributed by atoms with van der Waals surface area (Å²) in [6, 6.07) is 0. The fourth-order valence-electron chi connectivity index (χ4n) is 0.477. The van der Waals surface area contributed by atoms with Crippen molar-refractivity contribution in [3.8, 4) is 0 Å². The lowest BCUT2D eigenvalue weighted by Crippen LogP contribution is -2.08. The first-order valence-electron chi connectivity index (χ1n) is 2.68. The molecule has 1 atom stereocenters. The van der Waals surface area contributed by atoms with Crippen molar-refractivity contribution in [1.82, 2.24) is 0 Å². The van der Waals surface area contributed by atoms with E-state index in [0.29, 0.717) is 6.42 Å². The molecule has 9 heavy (non-hydrogen) atoms. The minimum Gasteiger partial charge on any atom is -0.481 e. The summed E-state index contributed by atoms with van der Waals surface area (Å²) in [5.74, 6) is -1.31.